The molecule has 1 fully saturated rings. The lowest BCUT2D eigenvalue weighted by atomic mass is 10.1. The molecule has 94 valence electrons. The summed E-state index contributed by atoms with van der Waals surface area (Å²) >= 11 is 0. The van der Waals surface area contributed by atoms with Crippen molar-refractivity contribution >= 4 is 0 Å². The summed E-state index contributed by atoms with van der Waals surface area (Å²) in [5, 5.41) is 3.45. The van der Waals surface area contributed by atoms with E-state index in [9.17, 15) is 4.39 Å². The maximum Gasteiger partial charge on any atom is 0.165 e. The molecule has 1 atom stereocenters. The van der Waals surface area contributed by atoms with E-state index in [2.05, 4.69) is 5.32 Å². The molecule has 1 heterocycles. The van der Waals surface area contributed by atoms with Crippen molar-refractivity contribution < 1.29 is 9.13 Å². The first kappa shape index (κ1) is 12.4. The Balaban J connectivity index is 1.72. The van der Waals surface area contributed by atoms with E-state index in [0.29, 0.717) is 18.4 Å². The predicted molar refractivity (Wildman–Crippen MR) is 66.9 cm³/mol. The van der Waals surface area contributed by atoms with Crippen LogP contribution in [0.1, 0.15) is 31.2 Å². The lowest BCUT2D eigenvalue weighted by molar-refractivity contribution is 0.285. The normalized spacial score (nSPS) is 19.5. The van der Waals surface area contributed by atoms with E-state index in [1.54, 1.807) is 12.1 Å². The van der Waals surface area contributed by atoms with Crippen molar-refractivity contribution in [3.8, 4) is 5.75 Å². The number of nitrogens with one attached hydrogen (secondary N) is 1. The summed E-state index contributed by atoms with van der Waals surface area (Å²) in [4.78, 5) is 0. The number of ether oxygens (including phenoxy) is 1. The largest absolute Gasteiger partial charge is 0.491 e. The number of benzene rings is 1. The molecule has 2 nitrogen and oxygen atoms in total. The molecule has 0 aromatic heterocycles. The minimum absolute atomic E-state index is 0.269. The average molecular weight is 237 g/mol. The van der Waals surface area contributed by atoms with E-state index in [0.717, 1.165) is 24.9 Å². The van der Waals surface area contributed by atoms with Crippen molar-refractivity contribution in [2.75, 3.05) is 13.2 Å². The lowest BCUT2D eigenvalue weighted by Gasteiger charge is -2.11. The molecule has 1 aromatic carbocycles. The van der Waals surface area contributed by atoms with E-state index in [-0.39, 0.29) is 5.82 Å². The van der Waals surface area contributed by atoms with E-state index in [4.69, 9.17) is 4.74 Å². The van der Waals surface area contributed by atoms with Crippen LogP contribution < -0.4 is 10.1 Å². The summed E-state index contributed by atoms with van der Waals surface area (Å²) in [6, 6.07) is 5.61. The Labute approximate surface area is 102 Å². The molecular weight excluding hydrogens is 217 g/mol. The van der Waals surface area contributed by atoms with Gasteiger partial charge < -0.3 is 10.1 Å². The Morgan fingerprint density at radius 1 is 1.47 bits per heavy atom. The van der Waals surface area contributed by atoms with E-state index >= 15 is 0 Å². The lowest BCUT2D eigenvalue weighted by Crippen LogP contribution is -2.21. The maximum absolute atomic E-state index is 13.4. The Kier molecular flexibility index (Phi) is 4.37. The van der Waals surface area contributed by atoms with Crippen molar-refractivity contribution in [2.45, 2.75) is 38.6 Å². The molecule has 0 radical (unpaired) electrons. The fourth-order valence-electron chi connectivity index (χ4n) is 2.24. The first-order valence-electron chi connectivity index (χ1n) is 6.38. The zero-order valence-corrected chi connectivity index (χ0v) is 10.3. The van der Waals surface area contributed by atoms with Crippen LogP contribution in [-0.4, -0.2) is 19.2 Å². The molecule has 0 bridgehead atoms. The van der Waals surface area contributed by atoms with Gasteiger partial charge in [-0.25, -0.2) is 4.39 Å². The van der Waals surface area contributed by atoms with Gasteiger partial charge in [0, 0.05) is 6.04 Å². The molecule has 1 aliphatic rings. The smallest absolute Gasteiger partial charge is 0.165 e. The first-order valence-corrected chi connectivity index (χ1v) is 6.38. The summed E-state index contributed by atoms with van der Waals surface area (Å²) < 4.78 is 18.8. The highest BCUT2D eigenvalue weighted by Crippen LogP contribution is 2.19. The van der Waals surface area contributed by atoms with Crippen LogP contribution in [0.25, 0.3) is 0 Å². The summed E-state index contributed by atoms with van der Waals surface area (Å²) in [5.41, 5.74) is 1.03. The Bertz CT molecular complexity index is 361. The van der Waals surface area contributed by atoms with E-state index < -0.39 is 0 Å². The SMILES string of the molecule is Cc1ccc(F)c(OCCCC2CCCN2)c1. The molecule has 3 heteroatoms. The fraction of sp³-hybridized carbons (Fsp3) is 0.571. The summed E-state index contributed by atoms with van der Waals surface area (Å²) in [5.74, 6) is 0.110. The van der Waals surface area contributed by atoms with Crippen LogP contribution in [0.15, 0.2) is 18.2 Å². The highest BCUT2D eigenvalue weighted by atomic mass is 19.1. The molecule has 0 spiro atoms. The van der Waals surface area contributed by atoms with Crippen LogP contribution in [0.5, 0.6) is 5.75 Å². The Hall–Kier alpha value is -1.09. The predicted octanol–water partition coefficient (Wildman–Crippen LogP) is 3.05. The van der Waals surface area contributed by atoms with Gasteiger partial charge in [0.05, 0.1) is 6.61 Å². The molecule has 1 unspecified atom stereocenters. The summed E-state index contributed by atoms with van der Waals surface area (Å²) in [6.07, 6.45) is 4.63. The van der Waals surface area contributed by atoms with E-state index in [1.165, 1.54) is 18.9 Å². The van der Waals surface area contributed by atoms with Gasteiger partial charge in [0.1, 0.15) is 0 Å². The molecule has 1 N–H and O–H groups in total. The third kappa shape index (κ3) is 3.70. The van der Waals surface area contributed by atoms with Crippen molar-refractivity contribution in [2.24, 2.45) is 0 Å². The van der Waals surface area contributed by atoms with Crippen molar-refractivity contribution in [1.82, 2.24) is 5.32 Å². The van der Waals surface area contributed by atoms with Gasteiger partial charge in [0.25, 0.3) is 0 Å². The van der Waals surface area contributed by atoms with Crippen LogP contribution in [-0.2, 0) is 0 Å². The average Bonchev–Trinajstić information content (AvgIpc) is 2.82. The molecule has 2 rings (SSSR count). The zero-order valence-electron chi connectivity index (χ0n) is 10.3. The number of hydrogen-bond donors (Lipinski definition) is 1. The minimum atomic E-state index is -0.269. The van der Waals surface area contributed by atoms with Crippen LogP contribution in [0.3, 0.4) is 0 Å². The van der Waals surface area contributed by atoms with Gasteiger partial charge >= 0.3 is 0 Å². The molecule has 0 aliphatic carbocycles. The van der Waals surface area contributed by atoms with Gasteiger partial charge in [-0.1, -0.05) is 6.07 Å². The van der Waals surface area contributed by atoms with Gasteiger partial charge in [0.15, 0.2) is 11.6 Å². The van der Waals surface area contributed by atoms with Crippen molar-refractivity contribution in [3.63, 3.8) is 0 Å². The van der Waals surface area contributed by atoms with Crippen molar-refractivity contribution in [3.05, 3.63) is 29.6 Å². The number of aryl methyl sites for hydroxylation is 1. The van der Waals surface area contributed by atoms with Crippen LogP contribution in [0.4, 0.5) is 4.39 Å². The molecule has 1 aromatic rings. The quantitative estimate of drug-likeness (QED) is 0.795. The Morgan fingerprint density at radius 3 is 3.12 bits per heavy atom. The highest BCUT2D eigenvalue weighted by molar-refractivity contribution is 5.29. The number of rotatable bonds is 5. The second kappa shape index (κ2) is 6.01. The van der Waals surface area contributed by atoms with Crippen LogP contribution >= 0.6 is 0 Å². The van der Waals surface area contributed by atoms with Gasteiger partial charge in [-0.15, -0.1) is 0 Å². The topological polar surface area (TPSA) is 21.3 Å². The van der Waals surface area contributed by atoms with Gasteiger partial charge in [0.2, 0.25) is 0 Å². The summed E-state index contributed by atoms with van der Waals surface area (Å²) in [6.45, 7) is 3.67. The van der Waals surface area contributed by atoms with Gasteiger partial charge in [-0.3, -0.25) is 0 Å². The highest BCUT2D eigenvalue weighted by Gasteiger charge is 2.13. The molecule has 0 amide bonds. The summed E-state index contributed by atoms with van der Waals surface area (Å²) in [7, 11) is 0. The molecular formula is C14H20FNO. The molecule has 0 saturated carbocycles. The monoisotopic (exact) mass is 237 g/mol. The first-order chi connectivity index (χ1) is 8.25. The van der Waals surface area contributed by atoms with Crippen LogP contribution in [0, 0.1) is 12.7 Å². The van der Waals surface area contributed by atoms with Crippen LogP contribution in [0.2, 0.25) is 0 Å². The minimum Gasteiger partial charge on any atom is -0.491 e. The van der Waals surface area contributed by atoms with Crippen molar-refractivity contribution in [1.29, 1.82) is 0 Å². The Morgan fingerprint density at radius 2 is 2.35 bits per heavy atom. The molecule has 1 saturated heterocycles. The zero-order chi connectivity index (χ0) is 12.1. The third-order valence-corrected chi connectivity index (χ3v) is 3.20. The molecule has 17 heavy (non-hydrogen) atoms. The molecule has 1 aliphatic heterocycles. The fourth-order valence-corrected chi connectivity index (χ4v) is 2.24. The number of halogens is 1. The second-order valence-electron chi connectivity index (χ2n) is 4.72. The third-order valence-electron chi connectivity index (χ3n) is 3.20. The second-order valence-corrected chi connectivity index (χ2v) is 4.72. The van der Waals surface area contributed by atoms with Gasteiger partial charge in [-0.2, -0.15) is 0 Å². The van der Waals surface area contributed by atoms with E-state index in [1.807, 2.05) is 6.92 Å². The maximum atomic E-state index is 13.4. The van der Waals surface area contributed by atoms with Gasteiger partial charge in [-0.05, 0) is 56.8 Å². The number of hydrogen-bond acceptors (Lipinski definition) is 2. The standard InChI is InChI=1S/C14H20FNO/c1-11-6-7-13(15)14(10-11)17-9-3-5-12-4-2-8-16-12/h6-7,10,12,16H,2-5,8-9H2,1H3.